The number of rotatable bonds is 8. The van der Waals surface area contributed by atoms with E-state index in [1.165, 1.54) is 18.2 Å². The standard InChI is InChI=1S/C13H16N2O5/c16-12(14-7-2-1-6-13(17)18)9-10-4-3-5-11(8-10)15(19)20/h3-5,8H,1-2,6-7,9H2,(H,14,16)(H,17,18). The first-order chi connectivity index (χ1) is 9.49. The van der Waals surface area contributed by atoms with Gasteiger partial charge in [-0.3, -0.25) is 19.7 Å². The first-order valence-corrected chi connectivity index (χ1v) is 6.21. The van der Waals surface area contributed by atoms with Gasteiger partial charge in [-0.1, -0.05) is 12.1 Å². The molecule has 0 saturated carbocycles. The maximum Gasteiger partial charge on any atom is 0.303 e. The van der Waals surface area contributed by atoms with Crippen LogP contribution in [0.1, 0.15) is 24.8 Å². The van der Waals surface area contributed by atoms with Gasteiger partial charge in [0.1, 0.15) is 0 Å². The van der Waals surface area contributed by atoms with E-state index in [1.807, 2.05) is 0 Å². The van der Waals surface area contributed by atoms with Gasteiger partial charge in [-0.2, -0.15) is 0 Å². The van der Waals surface area contributed by atoms with Crippen molar-refractivity contribution in [3.8, 4) is 0 Å². The molecular weight excluding hydrogens is 264 g/mol. The Hall–Kier alpha value is -2.44. The third-order valence-electron chi connectivity index (χ3n) is 2.63. The Kier molecular flexibility index (Phi) is 6.15. The SMILES string of the molecule is O=C(O)CCCCNC(=O)Cc1cccc([N+](=O)[O-])c1. The molecule has 1 aromatic carbocycles. The van der Waals surface area contributed by atoms with E-state index in [0.29, 0.717) is 24.9 Å². The lowest BCUT2D eigenvalue weighted by atomic mass is 10.1. The molecular formula is C13H16N2O5. The van der Waals surface area contributed by atoms with Crippen LogP contribution in [0.2, 0.25) is 0 Å². The number of nitrogens with zero attached hydrogens (tertiary/aromatic N) is 1. The molecule has 0 spiro atoms. The van der Waals surface area contributed by atoms with Gasteiger partial charge in [-0.25, -0.2) is 0 Å². The van der Waals surface area contributed by atoms with Gasteiger partial charge in [0.25, 0.3) is 5.69 Å². The monoisotopic (exact) mass is 280 g/mol. The summed E-state index contributed by atoms with van der Waals surface area (Å²) in [6.45, 7) is 0.404. The third kappa shape index (κ3) is 5.94. The molecule has 0 atom stereocenters. The summed E-state index contributed by atoms with van der Waals surface area (Å²) in [5.74, 6) is -1.09. The summed E-state index contributed by atoms with van der Waals surface area (Å²) in [5.41, 5.74) is 0.527. The fourth-order valence-corrected chi connectivity index (χ4v) is 1.66. The van der Waals surface area contributed by atoms with E-state index < -0.39 is 10.9 Å². The number of carbonyl (C=O) groups is 2. The van der Waals surface area contributed by atoms with Crippen molar-refractivity contribution in [2.24, 2.45) is 0 Å². The summed E-state index contributed by atoms with van der Waals surface area (Å²) in [7, 11) is 0. The Labute approximate surface area is 115 Å². The molecule has 0 aliphatic rings. The van der Waals surface area contributed by atoms with Crippen LogP contribution in [0.3, 0.4) is 0 Å². The maximum absolute atomic E-state index is 11.6. The predicted molar refractivity (Wildman–Crippen MR) is 71.3 cm³/mol. The molecule has 20 heavy (non-hydrogen) atoms. The fourth-order valence-electron chi connectivity index (χ4n) is 1.66. The van der Waals surface area contributed by atoms with Crippen LogP contribution in [0.25, 0.3) is 0 Å². The normalized spacial score (nSPS) is 10.0. The number of nitro groups is 1. The second kappa shape index (κ2) is 7.88. The first-order valence-electron chi connectivity index (χ1n) is 6.21. The second-order valence-corrected chi connectivity index (χ2v) is 4.30. The molecule has 1 rings (SSSR count). The van der Waals surface area contributed by atoms with Gasteiger partial charge in [0, 0.05) is 25.1 Å². The number of nitro benzene ring substituents is 1. The highest BCUT2D eigenvalue weighted by Crippen LogP contribution is 2.13. The van der Waals surface area contributed by atoms with Crippen LogP contribution in [-0.4, -0.2) is 28.5 Å². The molecule has 1 amide bonds. The lowest BCUT2D eigenvalue weighted by molar-refractivity contribution is -0.384. The Balaban J connectivity index is 2.33. The predicted octanol–water partition coefficient (Wildman–Crippen LogP) is 1.51. The number of carboxylic acids is 1. The summed E-state index contributed by atoms with van der Waals surface area (Å²) in [6.07, 6.45) is 1.25. The van der Waals surface area contributed by atoms with E-state index in [4.69, 9.17) is 5.11 Å². The summed E-state index contributed by atoms with van der Waals surface area (Å²) in [4.78, 5) is 32.0. The molecule has 0 aromatic heterocycles. The average molecular weight is 280 g/mol. The van der Waals surface area contributed by atoms with E-state index in [9.17, 15) is 19.7 Å². The molecule has 0 saturated heterocycles. The topological polar surface area (TPSA) is 110 Å². The van der Waals surface area contributed by atoms with Gasteiger partial charge in [-0.15, -0.1) is 0 Å². The van der Waals surface area contributed by atoms with Crippen molar-refractivity contribution in [1.29, 1.82) is 0 Å². The molecule has 0 bridgehead atoms. The second-order valence-electron chi connectivity index (χ2n) is 4.30. The number of hydrogen-bond acceptors (Lipinski definition) is 4. The molecule has 0 aliphatic carbocycles. The smallest absolute Gasteiger partial charge is 0.303 e. The van der Waals surface area contributed by atoms with Crippen LogP contribution in [0.5, 0.6) is 0 Å². The number of benzene rings is 1. The van der Waals surface area contributed by atoms with Gasteiger partial charge >= 0.3 is 5.97 Å². The zero-order valence-corrected chi connectivity index (χ0v) is 10.9. The van der Waals surface area contributed by atoms with Gasteiger partial charge in [-0.05, 0) is 18.4 Å². The lowest BCUT2D eigenvalue weighted by Crippen LogP contribution is -2.26. The van der Waals surface area contributed by atoms with Crippen LogP contribution in [0, 0.1) is 10.1 Å². The zero-order valence-electron chi connectivity index (χ0n) is 10.9. The molecule has 0 radical (unpaired) electrons. The Morgan fingerprint density at radius 3 is 2.70 bits per heavy atom. The quantitative estimate of drug-likeness (QED) is 0.426. The molecule has 2 N–H and O–H groups in total. The zero-order chi connectivity index (χ0) is 15.0. The first kappa shape index (κ1) is 15.6. The summed E-state index contributed by atoms with van der Waals surface area (Å²) in [5, 5.41) is 21.7. The van der Waals surface area contributed by atoms with Crippen LogP contribution < -0.4 is 5.32 Å². The molecule has 0 aliphatic heterocycles. The van der Waals surface area contributed by atoms with Crippen LogP contribution in [0.4, 0.5) is 5.69 Å². The Morgan fingerprint density at radius 1 is 1.30 bits per heavy atom. The molecule has 7 heteroatoms. The molecule has 7 nitrogen and oxygen atoms in total. The van der Waals surface area contributed by atoms with Crippen LogP contribution >= 0.6 is 0 Å². The van der Waals surface area contributed by atoms with Crippen molar-refractivity contribution < 1.29 is 19.6 Å². The summed E-state index contributed by atoms with van der Waals surface area (Å²) in [6, 6.07) is 5.92. The maximum atomic E-state index is 11.6. The Bertz CT molecular complexity index is 501. The molecule has 0 unspecified atom stereocenters. The van der Waals surface area contributed by atoms with E-state index in [1.54, 1.807) is 6.07 Å². The highest BCUT2D eigenvalue weighted by atomic mass is 16.6. The number of amides is 1. The van der Waals surface area contributed by atoms with E-state index in [2.05, 4.69) is 5.32 Å². The molecule has 108 valence electrons. The fraction of sp³-hybridized carbons (Fsp3) is 0.385. The van der Waals surface area contributed by atoms with E-state index >= 15 is 0 Å². The van der Waals surface area contributed by atoms with E-state index in [-0.39, 0.29) is 24.4 Å². The van der Waals surface area contributed by atoms with Crippen molar-refractivity contribution in [3.05, 3.63) is 39.9 Å². The highest BCUT2D eigenvalue weighted by molar-refractivity contribution is 5.78. The molecule has 0 heterocycles. The number of aliphatic carboxylic acids is 1. The largest absolute Gasteiger partial charge is 0.481 e. The van der Waals surface area contributed by atoms with Gasteiger partial charge in [0.2, 0.25) is 5.91 Å². The van der Waals surface area contributed by atoms with Crippen molar-refractivity contribution in [3.63, 3.8) is 0 Å². The molecule has 0 fully saturated rings. The minimum absolute atomic E-state index is 0.0447. The van der Waals surface area contributed by atoms with Gasteiger partial charge in [0.15, 0.2) is 0 Å². The summed E-state index contributed by atoms with van der Waals surface area (Å²) < 4.78 is 0. The summed E-state index contributed by atoms with van der Waals surface area (Å²) >= 11 is 0. The number of hydrogen-bond donors (Lipinski definition) is 2. The molecule has 1 aromatic rings. The van der Waals surface area contributed by atoms with Crippen molar-refractivity contribution in [2.75, 3.05) is 6.54 Å². The number of nitrogens with one attached hydrogen (secondary N) is 1. The number of carboxylic acid groups (broad SMARTS) is 1. The van der Waals surface area contributed by atoms with Crippen LogP contribution in [-0.2, 0) is 16.0 Å². The van der Waals surface area contributed by atoms with E-state index in [0.717, 1.165) is 0 Å². The minimum Gasteiger partial charge on any atom is -0.481 e. The van der Waals surface area contributed by atoms with Crippen molar-refractivity contribution in [2.45, 2.75) is 25.7 Å². The minimum atomic E-state index is -0.854. The number of non-ortho nitro benzene ring substituents is 1. The van der Waals surface area contributed by atoms with Crippen LogP contribution in [0.15, 0.2) is 24.3 Å². The van der Waals surface area contributed by atoms with Crippen molar-refractivity contribution in [1.82, 2.24) is 5.32 Å². The lowest BCUT2D eigenvalue weighted by Gasteiger charge is -2.04. The van der Waals surface area contributed by atoms with Gasteiger partial charge in [0.05, 0.1) is 11.3 Å². The third-order valence-corrected chi connectivity index (χ3v) is 2.63. The number of unbranched alkanes of at least 4 members (excludes halogenated alkanes) is 1. The Morgan fingerprint density at radius 2 is 2.05 bits per heavy atom. The van der Waals surface area contributed by atoms with Gasteiger partial charge < -0.3 is 10.4 Å². The average Bonchev–Trinajstić information content (AvgIpc) is 2.38. The van der Waals surface area contributed by atoms with Crippen molar-refractivity contribution >= 4 is 17.6 Å². The number of carbonyl (C=O) groups excluding carboxylic acids is 1. The highest BCUT2D eigenvalue weighted by Gasteiger charge is 2.08.